The molecule has 0 unspecified atom stereocenters. The number of benzene rings is 1. The van der Waals surface area contributed by atoms with E-state index in [-0.39, 0.29) is 12.0 Å². The van der Waals surface area contributed by atoms with Gasteiger partial charge in [-0.2, -0.15) is 0 Å². The minimum atomic E-state index is -0.470. The summed E-state index contributed by atoms with van der Waals surface area (Å²) in [5, 5.41) is 5.87. The van der Waals surface area contributed by atoms with Gasteiger partial charge in [0.15, 0.2) is 0 Å². The molecule has 1 aliphatic heterocycles. The van der Waals surface area contributed by atoms with Gasteiger partial charge in [-0.15, -0.1) is 0 Å². The Kier molecular flexibility index (Phi) is 8.77. The molecule has 0 aliphatic carbocycles. The van der Waals surface area contributed by atoms with Crippen LogP contribution in [0.3, 0.4) is 0 Å². The van der Waals surface area contributed by atoms with Crippen LogP contribution in [0.15, 0.2) is 30.3 Å². The molecule has 0 aromatic heterocycles. The van der Waals surface area contributed by atoms with Crippen molar-refractivity contribution in [2.45, 2.75) is 52.1 Å². The third-order valence-electron chi connectivity index (χ3n) is 4.82. The summed E-state index contributed by atoms with van der Waals surface area (Å²) in [5.74, 6) is 0.538. The molecule has 0 bridgehead atoms. The van der Waals surface area contributed by atoms with Crippen LogP contribution in [0.2, 0.25) is 0 Å². The van der Waals surface area contributed by atoms with Crippen molar-refractivity contribution >= 4 is 12.0 Å². The predicted octanol–water partition coefficient (Wildman–Crippen LogP) is 2.97. The van der Waals surface area contributed by atoms with E-state index in [1.807, 2.05) is 39.0 Å². The van der Waals surface area contributed by atoms with E-state index in [0.29, 0.717) is 25.6 Å². The molecule has 2 N–H and O–H groups in total. The Morgan fingerprint density at radius 3 is 2.43 bits per heavy atom. The highest BCUT2D eigenvalue weighted by Gasteiger charge is 2.22. The predicted molar refractivity (Wildman–Crippen MR) is 111 cm³/mol. The van der Waals surface area contributed by atoms with E-state index in [1.54, 1.807) is 0 Å². The van der Waals surface area contributed by atoms with Crippen LogP contribution in [0.5, 0.6) is 0 Å². The lowest BCUT2D eigenvalue weighted by molar-refractivity contribution is -0.122. The van der Waals surface area contributed by atoms with Crippen molar-refractivity contribution in [1.29, 1.82) is 0 Å². The standard InChI is InChI=1S/C22H35N3O3/c1-22(2,3)28-21(27)24-16-19-11-14-25(15-12-19)17-20(26)23-13-7-10-18-8-5-4-6-9-18/h4-6,8-9,19H,7,10-17H2,1-3H3,(H,23,26)(H,24,27). The van der Waals surface area contributed by atoms with Gasteiger partial charge in [-0.25, -0.2) is 4.79 Å². The van der Waals surface area contributed by atoms with E-state index < -0.39 is 5.60 Å². The molecule has 0 radical (unpaired) electrons. The first-order chi connectivity index (χ1) is 13.3. The minimum Gasteiger partial charge on any atom is -0.444 e. The number of carbonyl (C=O) groups excluding carboxylic acids is 2. The number of amides is 2. The summed E-state index contributed by atoms with van der Waals surface area (Å²) < 4.78 is 5.26. The lowest BCUT2D eigenvalue weighted by Crippen LogP contribution is -2.44. The van der Waals surface area contributed by atoms with Crippen LogP contribution in [-0.2, 0) is 16.0 Å². The van der Waals surface area contributed by atoms with Crippen molar-refractivity contribution in [2.75, 3.05) is 32.7 Å². The Labute approximate surface area is 169 Å². The molecule has 6 heteroatoms. The molecule has 0 saturated carbocycles. The fraction of sp³-hybridized carbons (Fsp3) is 0.636. The first-order valence-corrected chi connectivity index (χ1v) is 10.3. The van der Waals surface area contributed by atoms with E-state index in [1.165, 1.54) is 5.56 Å². The van der Waals surface area contributed by atoms with Crippen molar-refractivity contribution in [2.24, 2.45) is 5.92 Å². The van der Waals surface area contributed by atoms with Crippen molar-refractivity contribution in [3.8, 4) is 0 Å². The van der Waals surface area contributed by atoms with Crippen LogP contribution in [0.25, 0.3) is 0 Å². The zero-order valence-electron chi connectivity index (χ0n) is 17.5. The van der Waals surface area contributed by atoms with Gasteiger partial charge in [0, 0.05) is 13.1 Å². The Hall–Kier alpha value is -2.08. The number of aryl methyl sites for hydroxylation is 1. The number of ether oxygens (including phenoxy) is 1. The molecule has 1 aromatic carbocycles. The third-order valence-corrected chi connectivity index (χ3v) is 4.82. The second kappa shape index (κ2) is 11.1. The Morgan fingerprint density at radius 1 is 1.11 bits per heavy atom. The van der Waals surface area contributed by atoms with Gasteiger partial charge in [0.05, 0.1) is 6.54 Å². The molecule has 6 nitrogen and oxygen atoms in total. The number of nitrogens with zero attached hydrogens (tertiary/aromatic N) is 1. The molecule has 156 valence electrons. The largest absolute Gasteiger partial charge is 0.444 e. The molecule has 0 atom stereocenters. The first kappa shape index (κ1) is 22.2. The number of alkyl carbamates (subject to hydrolysis) is 1. The Morgan fingerprint density at radius 2 is 1.79 bits per heavy atom. The second-order valence-electron chi connectivity index (χ2n) is 8.54. The number of hydrogen-bond acceptors (Lipinski definition) is 4. The summed E-state index contributed by atoms with van der Waals surface area (Å²) in [7, 11) is 0. The molecule has 28 heavy (non-hydrogen) atoms. The normalized spacial score (nSPS) is 15.8. The fourth-order valence-corrected chi connectivity index (χ4v) is 3.31. The highest BCUT2D eigenvalue weighted by Crippen LogP contribution is 2.16. The second-order valence-corrected chi connectivity index (χ2v) is 8.54. The van der Waals surface area contributed by atoms with Gasteiger partial charge in [-0.05, 0) is 71.0 Å². The number of piperidine rings is 1. The molecule has 2 amide bonds. The fourth-order valence-electron chi connectivity index (χ4n) is 3.31. The van der Waals surface area contributed by atoms with Gasteiger partial charge < -0.3 is 15.4 Å². The number of nitrogens with one attached hydrogen (secondary N) is 2. The number of carbonyl (C=O) groups is 2. The monoisotopic (exact) mass is 389 g/mol. The SMILES string of the molecule is CC(C)(C)OC(=O)NCC1CCN(CC(=O)NCCCc2ccccc2)CC1. The van der Waals surface area contributed by atoms with Gasteiger partial charge in [0.2, 0.25) is 5.91 Å². The van der Waals surface area contributed by atoms with Crippen molar-refractivity contribution < 1.29 is 14.3 Å². The van der Waals surface area contributed by atoms with Crippen LogP contribution < -0.4 is 10.6 Å². The Bertz CT molecular complexity index is 605. The maximum absolute atomic E-state index is 12.1. The smallest absolute Gasteiger partial charge is 0.407 e. The zero-order chi connectivity index (χ0) is 20.4. The van der Waals surface area contributed by atoms with Gasteiger partial charge in [0.25, 0.3) is 0 Å². The summed E-state index contributed by atoms with van der Waals surface area (Å²) in [6.07, 6.45) is 3.55. The van der Waals surface area contributed by atoms with Gasteiger partial charge in [-0.1, -0.05) is 30.3 Å². The highest BCUT2D eigenvalue weighted by molar-refractivity contribution is 5.78. The average molecular weight is 390 g/mol. The van der Waals surface area contributed by atoms with Crippen LogP contribution >= 0.6 is 0 Å². The van der Waals surface area contributed by atoms with Crippen molar-refractivity contribution in [3.63, 3.8) is 0 Å². The number of hydrogen-bond donors (Lipinski definition) is 2. The number of likely N-dealkylation sites (tertiary alicyclic amines) is 1. The van der Waals surface area contributed by atoms with Crippen LogP contribution in [0, 0.1) is 5.92 Å². The van der Waals surface area contributed by atoms with E-state index in [9.17, 15) is 9.59 Å². The Balaban J connectivity index is 1.54. The van der Waals surface area contributed by atoms with Gasteiger partial charge in [0.1, 0.15) is 5.60 Å². The number of rotatable bonds is 8. The highest BCUT2D eigenvalue weighted by atomic mass is 16.6. The van der Waals surface area contributed by atoms with Crippen LogP contribution in [-0.4, -0.2) is 55.2 Å². The molecule has 0 spiro atoms. The molecule has 1 saturated heterocycles. The summed E-state index contributed by atoms with van der Waals surface area (Å²) in [6.45, 7) is 9.15. The molecular weight excluding hydrogens is 354 g/mol. The molecule has 2 rings (SSSR count). The molecule has 1 heterocycles. The molecule has 1 aromatic rings. The first-order valence-electron chi connectivity index (χ1n) is 10.3. The average Bonchev–Trinajstić information content (AvgIpc) is 2.64. The van der Waals surface area contributed by atoms with E-state index in [0.717, 1.165) is 38.8 Å². The third kappa shape index (κ3) is 9.22. The maximum Gasteiger partial charge on any atom is 0.407 e. The molecular formula is C22H35N3O3. The van der Waals surface area contributed by atoms with Crippen LogP contribution in [0.4, 0.5) is 4.79 Å². The lowest BCUT2D eigenvalue weighted by Gasteiger charge is -2.31. The van der Waals surface area contributed by atoms with E-state index in [4.69, 9.17) is 4.74 Å². The van der Waals surface area contributed by atoms with Crippen molar-refractivity contribution in [1.82, 2.24) is 15.5 Å². The summed E-state index contributed by atoms with van der Waals surface area (Å²) in [5.41, 5.74) is 0.834. The topological polar surface area (TPSA) is 70.7 Å². The maximum atomic E-state index is 12.1. The van der Waals surface area contributed by atoms with Gasteiger partial charge >= 0.3 is 6.09 Å². The van der Waals surface area contributed by atoms with E-state index in [2.05, 4.69) is 27.7 Å². The minimum absolute atomic E-state index is 0.0957. The quantitative estimate of drug-likeness (QED) is 0.671. The lowest BCUT2D eigenvalue weighted by atomic mass is 9.97. The molecule has 1 aliphatic rings. The van der Waals surface area contributed by atoms with Gasteiger partial charge in [-0.3, -0.25) is 9.69 Å². The van der Waals surface area contributed by atoms with E-state index >= 15 is 0 Å². The summed E-state index contributed by atoms with van der Waals surface area (Å²) in [4.78, 5) is 26.0. The summed E-state index contributed by atoms with van der Waals surface area (Å²) >= 11 is 0. The van der Waals surface area contributed by atoms with Crippen molar-refractivity contribution in [3.05, 3.63) is 35.9 Å². The zero-order valence-corrected chi connectivity index (χ0v) is 17.5. The molecule has 1 fully saturated rings. The van der Waals surface area contributed by atoms with Crippen LogP contribution in [0.1, 0.15) is 45.6 Å². The summed E-state index contributed by atoms with van der Waals surface area (Å²) in [6, 6.07) is 10.3.